The molecule has 0 aliphatic carbocycles. The Labute approximate surface area is 215 Å². The molecular formula is C29H30N4O4. The second-order valence-corrected chi connectivity index (χ2v) is 9.30. The molecule has 2 aliphatic rings. The Morgan fingerprint density at radius 1 is 0.892 bits per heavy atom. The summed E-state index contributed by atoms with van der Waals surface area (Å²) in [5.74, 6) is -1.32. The zero-order chi connectivity index (χ0) is 25.8. The first-order chi connectivity index (χ1) is 18.0. The van der Waals surface area contributed by atoms with Crippen molar-refractivity contribution in [3.05, 3.63) is 95.1 Å². The van der Waals surface area contributed by atoms with Crippen LogP contribution in [0.5, 0.6) is 0 Å². The normalized spacial score (nSPS) is 17.3. The summed E-state index contributed by atoms with van der Waals surface area (Å²) < 4.78 is 0. The number of nitrogens with zero attached hydrogens (tertiary/aromatic N) is 2. The zero-order valence-electron chi connectivity index (χ0n) is 20.5. The number of fused-ring (bicyclic) bond motifs is 1. The molecule has 2 heterocycles. The average molecular weight is 499 g/mol. The van der Waals surface area contributed by atoms with Crippen molar-refractivity contribution in [3.63, 3.8) is 0 Å². The fourth-order valence-corrected chi connectivity index (χ4v) is 4.84. The van der Waals surface area contributed by atoms with Crippen LogP contribution in [-0.4, -0.2) is 71.2 Å². The molecule has 0 radical (unpaired) electrons. The average Bonchev–Trinajstić information content (AvgIpc) is 3.24. The number of benzene rings is 3. The number of carboxylic acids is 1. The highest BCUT2D eigenvalue weighted by molar-refractivity contribution is 6.37. The van der Waals surface area contributed by atoms with Crippen molar-refractivity contribution >= 4 is 34.5 Å². The lowest BCUT2D eigenvalue weighted by molar-refractivity contribution is -0.110. The van der Waals surface area contributed by atoms with Crippen LogP contribution in [0, 0.1) is 0 Å². The fraction of sp³-hybridized carbons (Fsp3) is 0.241. The number of piperazine rings is 1. The van der Waals surface area contributed by atoms with E-state index in [1.165, 1.54) is 11.6 Å². The van der Waals surface area contributed by atoms with E-state index in [1.54, 1.807) is 12.1 Å². The number of rotatable bonds is 8. The zero-order valence-corrected chi connectivity index (χ0v) is 20.5. The van der Waals surface area contributed by atoms with E-state index >= 15 is 0 Å². The maximum atomic E-state index is 13.1. The molecule has 37 heavy (non-hydrogen) atoms. The maximum Gasteiger partial charge on any atom is 0.335 e. The van der Waals surface area contributed by atoms with E-state index in [2.05, 4.69) is 32.6 Å². The maximum absolute atomic E-state index is 13.1. The minimum Gasteiger partial charge on any atom is -0.478 e. The van der Waals surface area contributed by atoms with Crippen molar-refractivity contribution in [1.29, 1.82) is 0 Å². The first-order valence-electron chi connectivity index (χ1n) is 12.4. The van der Waals surface area contributed by atoms with Crippen molar-refractivity contribution < 1.29 is 19.8 Å². The first kappa shape index (κ1) is 24.7. The number of aliphatic hydroxyl groups is 1. The Bertz CT molecular complexity index is 1310. The minimum absolute atomic E-state index is 0.127. The topological polar surface area (TPSA) is 105 Å². The molecule has 8 heteroatoms. The van der Waals surface area contributed by atoms with E-state index in [-0.39, 0.29) is 18.1 Å². The van der Waals surface area contributed by atoms with E-state index in [9.17, 15) is 14.7 Å². The molecule has 0 aromatic heterocycles. The van der Waals surface area contributed by atoms with Crippen molar-refractivity contribution in [2.45, 2.75) is 6.54 Å². The summed E-state index contributed by atoms with van der Waals surface area (Å²) in [6, 6.07) is 22.4. The predicted octanol–water partition coefficient (Wildman–Crippen LogP) is 3.43. The van der Waals surface area contributed by atoms with Gasteiger partial charge in [0, 0.05) is 56.2 Å². The van der Waals surface area contributed by atoms with Gasteiger partial charge in [0.05, 0.1) is 23.4 Å². The molecule has 190 valence electrons. The summed E-state index contributed by atoms with van der Waals surface area (Å²) in [7, 11) is 0. The third-order valence-corrected chi connectivity index (χ3v) is 6.83. The summed E-state index contributed by atoms with van der Waals surface area (Å²) in [5.41, 5.74) is 5.17. The van der Waals surface area contributed by atoms with Crippen LogP contribution in [0.2, 0.25) is 0 Å². The summed E-state index contributed by atoms with van der Waals surface area (Å²) in [6.45, 7) is 5.64. The molecule has 1 amide bonds. The largest absolute Gasteiger partial charge is 0.478 e. The van der Waals surface area contributed by atoms with Gasteiger partial charge < -0.3 is 20.8 Å². The standard InChI is InChI=1S/C29H30N4O4/c34-17-16-32-12-14-33(15-13-32)19-20-6-9-23(10-7-20)30-27(21-4-2-1-3-5-21)26-24-18-22(29(36)37)8-11-25(24)31-28(26)35/h1-11,18,30,34H,12-17,19H2,(H,31,35)(H,36,37). The molecule has 0 saturated carbocycles. The molecular weight excluding hydrogens is 468 g/mol. The van der Waals surface area contributed by atoms with Crippen LogP contribution in [0.15, 0.2) is 72.8 Å². The first-order valence-corrected chi connectivity index (χ1v) is 12.4. The molecule has 4 N–H and O–H groups in total. The third kappa shape index (κ3) is 5.56. The fourth-order valence-electron chi connectivity index (χ4n) is 4.84. The highest BCUT2D eigenvalue weighted by atomic mass is 16.4. The SMILES string of the molecule is O=C1Nc2ccc(C(=O)O)cc2C1=C(Nc1ccc(CN2CCN(CCO)CC2)cc1)c1ccccc1. The van der Waals surface area contributed by atoms with E-state index in [4.69, 9.17) is 5.11 Å². The number of hydrogen-bond donors (Lipinski definition) is 4. The lowest BCUT2D eigenvalue weighted by Gasteiger charge is -2.34. The molecule has 0 spiro atoms. The van der Waals surface area contributed by atoms with E-state index in [0.717, 1.165) is 50.5 Å². The molecule has 0 bridgehead atoms. The van der Waals surface area contributed by atoms with Gasteiger partial charge >= 0.3 is 5.97 Å². The van der Waals surface area contributed by atoms with Crippen molar-refractivity contribution in [1.82, 2.24) is 9.80 Å². The quantitative estimate of drug-likeness (QED) is 0.353. The van der Waals surface area contributed by atoms with Crippen LogP contribution in [0.4, 0.5) is 11.4 Å². The highest BCUT2D eigenvalue weighted by Gasteiger charge is 2.29. The number of carbonyl (C=O) groups excluding carboxylic acids is 1. The Morgan fingerprint density at radius 2 is 1.59 bits per heavy atom. The van der Waals surface area contributed by atoms with Crippen molar-refractivity contribution in [2.24, 2.45) is 0 Å². The smallest absolute Gasteiger partial charge is 0.335 e. The number of aromatic carboxylic acids is 1. The molecule has 0 atom stereocenters. The minimum atomic E-state index is -1.04. The molecule has 8 nitrogen and oxygen atoms in total. The Hall–Kier alpha value is -3.98. The number of anilines is 2. The van der Waals surface area contributed by atoms with Gasteiger partial charge in [0.1, 0.15) is 0 Å². The Kier molecular flexibility index (Phi) is 7.32. The monoisotopic (exact) mass is 498 g/mol. The van der Waals surface area contributed by atoms with Gasteiger partial charge in [-0.15, -0.1) is 0 Å². The van der Waals surface area contributed by atoms with Gasteiger partial charge in [0.15, 0.2) is 0 Å². The molecule has 3 aromatic carbocycles. The number of amides is 1. The summed E-state index contributed by atoms with van der Waals surface area (Å²) in [5, 5.41) is 24.9. The lowest BCUT2D eigenvalue weighted by Crippen LogP contribution is -2.46. The van der Waals surface area contributed by atoms with E-state index in [1.807, 2.05) is 42.5 Å². The molecule has 0 unspecified atom stereocenters. The molecule has 1 fully saturated rings. The number of carboxylic acid groups (broad SMARTS) is 1. The predicted molar refractivity (Wildman–Crippen MR) is 144 cm³/mol. The number of hydrogen-bond acceptors (Lipinski definition) is 6. The van der Waals surface area contributed by atoms with Gasteiger partial charge in [-0.05, 0) is 41.5 Å². The van der Waals surface area contributed by atoms with Crippen LogP contribution in [0.1, 0.15) is 27.0 Å². The van der Waals surface area contributed by atoms with Crippen LogP contribution in [0.3, 0.4) is 0 Å². The van der Waals surface area contributed by atoms with Gasteiger partial charge in [-0.2, -0.15) is 0 Å². The van der Waals surface area contributed by atoms with Gasteiger partial charge in [-0.25, -0.2) is 4.79 Å². The summed E-state index contributed by atoms with van der Waals surface area (Å²) in [4.78, 5) is 29.4. The van der Waals surface area contributed by atoms with E-state index < -0.39 is 5.97 Å². The number of aliphatic hydroxyl groups excluding tert-OH is 1. The highest BCUT2D eigenvalue weighted by Crippen LogP contribution is 2.38. The molecule has 1 saturated heterocycles. The van der Waals surface area contributed by atoms with Crippen molar-refractivity contribution in [3.8, 4) is 0 Å². The molecule has 2 aliphatic heterocycles. The van der Waals surface area contributed by atoms with Gasteiger partial charge in [-0.1, -0.05) is 42.5 Å². The van der Waals surface area contributed by atoms with Gasteiger partial charge in [-0.3, -0.25) is 14.6 Å². The van der Waals surface area contributed by atoms with Crippen LogP contribution in [0.25, 0.3) is 11.3 Å². The van der Waals surface area contributed by atoms with Crippen LogP contribution >= 0.6 is 0 Å². The van der Waals surface area contributed by atoms with Crippen LogP contribution in [-0.2, 0) is 11.3 Å². The number of nitrogens with one attached hydrogen (secondary N) is 2. The number of carbonyl (C=O) groups is 2. The Morgan fingerprint density at radius 3 is 2.27 bits per heavy atom. The summed E-state index contributed by atoms with van der Waals surface area (Å²) in [6.07, 6.45) is 0. The lowest BCUT2D eigenvalue weighted by atomic mass is 9.98. The molecule has 5 rings (SSSR count). The third-order valence-electron chi connectivity index (χ3n) is 6.83. The van der Waals surface area contributed by atoms with Gasteiger partial charge in [0.2, 0.25) is 0 Å². The van der Waals surface area contributed by atoms with E-state index in [0.29, 0.717) is 22.5 Å². The summed E-state index contributed by atoms with van der Waals surface area (Å²) >= 11 is 0. The van der Waals surface area contributed by atoms with Crippen molar-refractivity contribution in [2.75, 3.05) is 50.0 Å². The Balaban J connectivity index is 1.40. The second kappa shape index (κ2) is 11.0. The van der Waals surface area contributed by atoms with Crippen LogP contribution < -0.4 is 10.6 Å². The number of β-amino-alcohol motifs (C(OH)–C–C–N with tert-alkyl or cyclic N) is 1. The van der Waals surface area contributed by atoms with Gasteiger partial charge in [0.25, 0.3) is 5.91 Å². The second-order valence-electron chi connectivity index (χ2n) is 9.30. The molecule has 3 aromatic rings.